The highest BCUT2D eigenvalue weighted by molar-refractivity contribution is 6.79. The average molecular weight is 268 g/mol. The summed E-state index contributed by atoms with van der Waals surface area (Å²) in [6.07, 6.45) is 0. The van der Waals surface area contributed by atoms with Crippen molar-refractivity contribution in [1.29, 1.82) is 0 Å². The number of ether oxygens (including phenoxy) is 1. The van der Waals surface area contributed by atoms with Crippen molar-refractivity contribution in [3.8, 4) is 11.5 Å². The van der Waals surface area contributed by atoms with E-state index in [0.717, 1.165) is 11.5 Å². The first-order valence-electron chi connectivity index (χ1n) is 6.81. The molecular weight excluding hydrogens is 248 g/mol. The number of hydrogen-bond acceptors (Lipinski definition) is 1. The highest BCUT2D eigenvalue weighted by atomic mass is 28.3. The molecule has 0 atom stereocenters. The Labute approximate surface area is 116 Å². The maximum atomic E-state index is 6.09. The molecule has 0 aliphatic carbocycles. The van der Waals surface area contributed by atoms with Gasteiger partial charge in [-0.05, 0) is 12.1 Å². The number of benzene rings is 2. The molecule has 1 nitrogen and oxygen atoms in total. The lowest BCUT2D eigenvalue weighted by atomic mass is 9.88. The van der Waals surface area contributed by atoms with Gasteiger partial charge in [-0.25, -0.2) is 0 Å². The first-order valence-corrected chi connectivity index (χ1v) is 10.3. The maximum absolute atomic E-state index is 6.09. The van der Waals surface area contributed by atoms with Gasteiger partial charge >= 0.3 is 0 Å². The van der Waals surface area contributed by atoms with Crippen molar-refractivity contribution in [2.24, 2.45) is 0 Å². The second kappa shape index (κ2) is 3.97. The van der Waals surface area contributed by atoms with Gasteiger partial charge in [-0.1, -0.05) is 63.0 Å². The van der Waals surface area contributed by atoms with Crippen LogP contribution in [0.3, 0.4) is 0 Å². The first-order chi connectivity index (χ1) is 8.94. The van der Waals surface area contributed by atoms with Crippen LogP contribution in [0, 0.1) is 0 Å². The molecular formula is C17H20OSi. The average Bonchev–Trinajstić information content (AvgIpc) is 2.38. The molecule has 0 spiro atoms. The summed E-state index contributed by atoms with van der Waals surface area (Å²) in [4.78, 5) is 0. The summed E-state index contributed by atoms with van der Waals surface area (Å²) >= 11 is 0. The molecule has 1 heterocycles. The van der Waals surface area contributed by atoms with Crippen molar-refractivity contribution in [1.82, 2.24) is 0 Å². The van der Waals surface area contributed by atoms with E-state index in [1.807, 2.05) is 0 Å². The Kier molecular flexibility index (Phi) is 2.61. The van der Waals surface area contributed by atoms with E-state index in [9.17, 15) is 0 Å². The molecule has 0 fully saturated rings. The van der Waals surface area contributed by atoms with Gasteiger partial charge in [0.2, 0.25) is 0 Å². The minimum atomic E-state index is -1.46. The molecule has 19 heavy (non-hydrogen) atoms. The van der Waals surface area contributed by atoms with Crippen LogP contribution in [0.4, 0.5) is 0 Å². The van der Waals surface area contributed by atoms with Crippen LogP contribution in [-0.2, 0) is 5.04 Å². The topological polar surface area (TPSA) is 9.23 Å². The Hall–Kier alpha value is -1.54. The van der Waals surface area contributed by atoms with Gasteiger partial charge in [0.05, 0.1) is 8.07 Å². The Morgan fingerprint density at radius 1 is 0.789 bits per heavy atom. The zero-order valence-electron chi connectivity index (χ0n) is 12.0. The van der Waals surface area contributed by atoms with Gasteiger partial charge in [-0.3, -0.25) is 0 Å². The molecule has 0 saturated heterocycles. The smallest absolute Gasteiger partial charge is 0.131 e. The molecule has 0 radical (unpaired) electrons. The Morgan fingerprint density at radius 3 is 1.63 bits per heavy atom. The van der Waals surface area contributed by atoms with Crippen LogP contribution in [0.1, 0.15) is 18.1 Å². The minimum Gasteiger partial charge on any atom is -0.457 e. The van der Waals surface area contributed by atoms with Gasteiger partial charge in [-0.15, -0.1) is 0 Å². The van der Waals surface area contributed by atoms with Crippen LogP contribution in [0.15, 0.2) is 48.5 Å². The van der Waals surface area contributed by atoms with E-state index in [1.165, 1.54) is 11.1 Å². The SMILES string of the molecule is CC1([Si](C)(C)C)c2ccccc2Oc2ccccc21. The molecule has 0 N–H and O–H groups in total. The minimum absolute atomic E-state index is 0.0957. The third-order valence-corrected chi connectivity index (χ3v) is 8.11. The van der Waals surface area contributed by atoms with Gasteiger partial charge in [0.15, 0.2) is 0 Å². The first kappa shape index (κ1) is 12.5. The lowest BCUT2D eigenvalue weighted by molar-refractivity contribution is 0.437. The van der Waals surface area contributed by atoms with Crippen molar-refractivity contribution >= 4 is 8.07 Å². The second-order valence-electron chi connectivity index (χ2n) is 6.47. The lowest BCUT2D eigenvalue weighted by Crippen LogP contribution is -2.49. The third kappa shape index (κ3) is 1.66. The van der Waals surface area contributed by atoms with E-state index in [4.69, 9.17) is 4.74 Å². The summed E-state index contributed by atoms with van der Waals surface area (Å²) < 4.78 is 6.09. The van der Waals surface area contributed by atoms with Crippen LogP contribution in [0.5, 0.6) is 11.5 Å². The van der Waals surface area contributed by atoms with E-state index in [2.05, 4.69) is 75.1 Å². The van der Waals surface area contributed by atoms with Crippen LogP contribution >= 0.6 is 0 Å². The summed E-state index contributed by atoms with van der Waals surface area (Å²) in [7, 11) is -1.46. The van der Waals surface area contributed by atoms with Gasteiger partial charge in [0, 0.05) is 16.2 Å². The summed E-state index contributed by atoms with van der Waals surface area (Å²) in [6, 6.07) is 17.0. The highest BCUT2D eigenvalue weighted by Crippen LogP contribution is 2.51. The van der Waals surface area contributed by atoms with E-state index < -0.39 is 8.07 Å². The molecule has 0 unspecified atom stereocenters. The highest BCUT2D eigenvalue weighted by Gasteiger charge is 2.47. The normalized spacial score (nSPS) is 16.2. The van der Waals surface area contributed by atoms with E-state index in [-0.39, 0.29) is 5.04 Å². The second-order valence-corrected chi connectivity index (χ2v) is 12.0. The van der Waals surface area contributed by atoms with Gasteiger partial charge in [0.25, 0.3) is 0 Å². The van der Waals surface area contributed by atoms with Gasteiger partial charge in [-0.2, -0.15) is 0 Å². The zero-order valence-corrected chi connectivity index (χ0v) is 13.0. The van der Waals surface area contributed by atoms with Crippen molar-refractivity contribution < 1.29 is 4.74 Å². The molecule has 2 heteroatoms. The molecule has 0 amide bonds. The standard InChI is InChI=1S/C17H20OSi/c1-17(19(2,3)4)13-9-5-7-11-15(13)18-16-12-8-6-10-14(16)17/h5-12H,1-4H3. The molecule has 0 saturated carbocycles. The van der Waals surface area contributed by atoms with E-state index in [0.29, 0.717) is 0 Å². The Balaban J connectivity index is 2.35. The van der Waals surface area contributed by atoms with Crippen molar-refractivity contribution in [2.45, 2.75) is 31.6 Å². The van der Waals surface area contributed by atoms with Crippen LogP contribution in [0.25, 0.3) is 0 Å². The fourth-order valence-electron chi connectivity index (χ4n) is 3.01. The number of para-hydroxylation sites is 2. The van der Waals surface area contributed by atoms with E-state index >= 15 is 0 Å². The maximum Gasteiger partial charge on any atom is 0.131 e. The summed E-state index contributed by atoms with van der Waals surface area (Å²) in [5, 5.41) is 0.0957. The number of rotatable bonds is 1. The van der Waals surface area contributed by atoms with Gasteiger partial charge < -0.3 is 4.74 Å². The predicted octanol–water partition coefficient (Wildman–Crippen LogP) is 4.98. The molecule has 2 aromatic carbocycles. The predicted molar refractivity (Wildman–Crippen MR) is 82.8 cm³/mol. The van der Waals surface area contributed by atoms with Gasteiger partial charge in [0.1, 0.15) is 11.5 Å². The molecule has 1 aliphatic heterocycles. The molecule has 0 bridgehead atoms. The molecule has 98 valence electrons. The molecule has 3 rings (SSSR count). The van der Waals surface area contributed by atoms with Crippen LogP contribution in [-0.4, -0.2) is 8.07 Å². The van der Waals surface area contributed by atoms with Crippen LogP contribution in [0.2, 0.25) is 19.6 Å². The lowest BCUT2D eigenvalue weighted by Gasteiger charge is -2.45. The molecule has 1 aliphatic rings. The third-order valence-electron chi connectivity index (χ3n) is 4.57. The summed E-state index contributed by atoms with van der Waals surface area (Å²) in [5.41, 5.74) is 2.68. The Bertz CT molecular complexity index is 580. The largest absolute Gasteiger partial charge is 0.457 e. The van der Waals surface area contributed by atoms with Crippen molar-refractivity contribution in [2.75, 3.05) is 0 Å². The summed E-state index contributed by atoms with van der Waals surface area (Å²) in [5.74, 6) is 2.04. The Morgan fingerprint density at radius 2 is 1.21 bits per heavy atom. The fourth-order valence-corrected chi connectivity index (χ4v) is 5.04. The monoisotopic (exact) mass is 268 g/mol. The quantitative estimate of drug-likeness (QED) is 0.663. The van der Waals surface area contributed by atoms with Crippen LogP contribution < -0.4 is 4.74 Å². The summed E-state index contributed by atoms with van der Waals surface area (Å²) in [6.45, 7) is 9.70. The zero-order chi connectivity index (χ0) is 13.7. The number of fused-ring (bicyclic) bond motifs is 2. The van der Waals surface area contributed by atoms with Crippen molar-refractivity contribution in [3.05, 3.63) is 59.7 Å². The molecule has 2 aromatic rings. The molecule has 0 aromatic heterocycles. The number of hydrogen-bond donors (Lipinski definition) is 0. The van der Waals surface area contributed by atoms with E-state index in [1.54, 1.807) is 0 Å². The van der Waals surface area contributed by atoms with Crippen molar-refractivity contribution in [3.63, 3.8) is 0 Å². The fraction of sp³-hybridized carbons (Fsp3) is 0.294.